The van der Waals surface area contributed by atoms with Crippen molar-refractivity contribution in [3.8, 4) is 5.75 Å². The SMILES string of the molecule is CCC(C)(c1ccc(C)cc1)c1ccc(O)cc1. The van der Waals surface area contributed by atoms with Gasteiger partial charge in [-0.3, -0.25) is 0 Å². The highest BCUT2D eigenvalue weighted by Gasteiger charge is 2.26. The van der Waals surface area contributed by atoms with Crippen LogP contribution in [0, 0.1) is 6.92 Å². The third-order valence-electron chi connectivity index (χ3n) is 3.90. The lowest BCUT2D eigenvalue weighted by Crippen LogP contribution is -2.22. The number of rotatable bonds is 3. The van der Waals surface area contributed by atoms with Crippen molar-refractivity contribution >= 4 is 0 Å². The Morgan fingerprint density at radius 3 is 1.78 bits per heavy atom. The van der Waals surface area contributed by atoms with Crippen LogP contribution < -0.4 is 0 Å². The minimum atomic E-state index is 0.00139. The Morgan fingerprint density at radius 2 is 1.33 bits per heavy atom. The Bertz CT molecular complexity index is 463. The number of phenolic OH excluding ortho intramolecular Hbond substituents is 1. The maximum Gasteiger partial charge on any atom is 0.115 e. The molecule has 2 rings (SSSR count). The molecule has 1 unspecified atom stereocenters. The topological polar surface area (TPSA) is 20.2 Å². The molecule has 18 heavy (non-hydrogen) atoms. The third kappa shape index (κ3) is 2.26. The number of aryl methyl sites for hydroxylation is 1. The zero-order valence-corrected chi connectivity index (χ0v) is 11.3. The average molecular weight is 240 g/mol. The van der Waals surface area contributed by atoms with Crippen molar-refractivity contribution in [1.29, 1.82) is 0 Å². The molecule has 1 N–H and O–H groups in total. The van der Waals surface area contributed by atoms with Gasteiger partial charge in [0.1, 0.15) is 5.75 Å². The molecule has 0 aliphatic heterocycles. The lowest BCUT2D eigenvalue weighted by Gasteiger charge is -2.30. The van der Waals surface area contributed by atoms with E-state index in [2.05, 4.69) is 45.0 Å². The van der Waals surface area contributed by atoms with E-state index in [1.807, 2.05) is 12.1 Å². The normalized spacial score (nSPS) is 14.2. The average Bonchev–Trinajstić information content (AvgIpc) is 2.39. The standard InChI is InChI=1S/C17H20O/c1-4-17(3,14-7-5-13(2)6-8-14)15-9-11-16(18)12-10-15/h5-12,18H,4H2,1-3H3. The fourth-order valence-corrected chi connectivity index (χ4v) is 2.33. The summed E-state index contributed by atoms with van der Waals surface area (Å²) < 4.78 is 0. The first kappa shape index (κ1) is 12.7. The van der Waals surface area contributed by atoms with E-state index in [1.54, 1.807) is 12.1 Å². The predicted octanol–water partition coefficient (Wildman–Crippen LogP) is 4.42. The summed E-state index contributed by atoms with van der Waals surface area (Å²) in [6.07, 6.45) is 1.03. The van der Waals surface area contributed by atoms with Gasteiger partial charge >= 0.3 is 0 Å². The van der Waals surface area contributed by atoms with Crippen LogP contribution in [-0.4, -0.2) is 5.11 Å². The molecule has 0 aromatic heterocycles. The third-order valence-corrected chi connectivity index (χ3v) is 3.90. The van der Waals surface area contributed by atoms with Gasteiger partial charge in [-0.1, -0.05) is 55.8 Å². The molecule has 1 heteroatoms. The van der Waals surface area contributed by atoms with E-state index >= 15 is 0 Å². The van der Waals surface area contributed by atoms with Gasteiger partial charge in [0.15, 0.2) is 0 Å². The monoisotopic (exact) mass is 240 g/mol. The summed E-state index contributed by atoms with van der Waals surface area (Å²) in [5.41, 5.74) is 3.84. The maximum atomic E-state index is 9.40. The molecule has 0 amide bonds. The number of phenols is 1. The fourth-order valence-electron chi connectivity index (χ4n) is 2.33. The Labute approximate surface area is 109 Å². The van der Waals surface area contributed by atoms with Crippen LogP contribution in [0.25, 0.3) is 0 Å². The van der Waals surface area contributed by atoms with Crippen molar-refractivity contribution in [2.24, 2.45) is 0 Å². The first-order valence-corrected chi connectivity index (χ1v) is 6.43. The van der Waals surface area contributed by atoms with E-state index < -0.39 is 0 Å². The van der Waals surface area contributed by atoms with Crippen LogP contribution in [0.2, 0.25) is 0 Å². The molecular formula is C17H20O. The van der Waals surface area contributed by atoms with Gasteiger partial charge in [0.05, 0.1) is 0 Å². The number of aromatic hydroxyl groups is 1. The highest BCUT2D eigenvalue weighted by atomic mass is 16.3. The van der Waals surface area contributed by atoms with Crippen LogP contribution >= 0.6 is 0 Å². The molecule has 0 aliphatic carbocycles. The molecule has 0 radical (unpaired) electrons. The Hall–Kier alpha value is -1.76. The predicted molar refractivity (Wildman–Crippen MR) is 76.0 cm³/mol. The smallest absolute Gasteiger partial charge is 0.115 e. The van der Waals surface area contributed by atoms with Gasteiger partial charge in [-0.2, -0.15) is 0 Å². The van der Waals surface area contributed by atoms with Crippen LogP contribution in [0.3, 0.4) is 0 Å². The van der Waals surface area contributed by atoms with Gasteiger partial charge in [-0.15, -0.1) is 0 Å². The minimum Gasteiger partial charge on any atom is -0.508 e. The molecule has 0 aliphatic rings. The lowest BCUT2D eigenvalue weighted by atomic mass is 9.74. The molecule has 1 nitrogen and oxygen atoms in total. The van der Waals surface area contributed by atoms with Crippen molar-refractivity contribution in [3.63, 3.8) is 0 Å². The summed E-state index contributed by atoms with van der Waals surface area (Å²) in [7, 11) is 0. The van der Waals surface area contributed by atoms with E-state index in [4.69, 9.17) is 0 Å². The summed E-state index contributed by atoms with van der Waals surface area (Å²) in [5.74, 6) is 0.320. The number of hydrogen-bond acceptors (Lipinski definition) is 1. The number of hydrogen-bond donors (Lipinski definition) is 1. The second kappa shape index (κ2) is 4.85. The zero-order chi connectivity index (χ0) is 13.2. The summed E-state index contributed by atoms with van der Waals surface area (Å²) in [6, 6.07) is 16.3. The second-order valence-corrected chi connectivity index (χ2v) is 5.10. The van der Waals surface area contributed by atoms with Gasteiger partial charge in [-0.05, 0) is 36.6 Å². The molecule has 1 atom stereocenters. The van der Waals surface area contributed by atoms with Gasteiger partial charge in [-0.25, -0.2) is 0 Å². The van der Waals surface area contributed by atoms with E-state index in [0.29, 0.717) is 5.75 Å². The molecule has 0 spiro atoms. The molecule has 94 valence electrons. The molecule has 0 bridgehead atoms. The maximum absolute atomic E-state index is 9.40. The minimum absolute atomic E-state index is 0.00139. The zero-order valence-electron chi connectivity index (χ0n) is 11.3. The van der Waals surface area contributed by atoms with Crippen molar-refractivity contribution in [2.45, 2.75) is 32.6 Å². The van der Waals surface area contributed by atoms with Crippen molar-refractivity contribution in [2.75, 3.05) is 0 Å². The van der Waals surface area contributed by atoms with Crippen LogP contribution in [0.1, 0.15) is 37.0 Å². The largest absolute Gasteiger partial charge is 0.508 e. The van der Waals surface area contributed by atoms with Crippen LogP contribution in [0.15, 0.2) is 48.5 Å². The van der Waals surface area contributed by atoms with E-state index in [-0.39, 0.29) is 5.41 Å². The van der Waals surface area contributed by atoms with Gasteiger partial charge in [0, 0.05) is 5.41 Å². The summed E-state index contributed by atoms with van der Waals surface area (Å²) in [6.45, 7) is 6.56. The Kier molecular flexibility index (Phi) is 3.42. The van der Waals surface area contributed by atoms with Gasteiger partial charge in [0.2, 0.25) is 0 Å². The first-order valence-electron chi connectivity index (χ1n) is 6.43. The Balaban J connectivity index is 2.47. The van der Waals surface area contributed by atoms with Crippen molar-refractivity contribution in [1.82, 2.24) is 0 Å². The van der Waals surface area contributed by atoms with E-state index in [1.165, 1.54) is 16.7 Å². The molecule has 0 heterocycles. The van der Waals surface area contributed by atoms with Crippen LogP contribution in [0.4, 0.5) is 0 Å². The molecule has 0 saturated heterocycles. The molecule has 0 fully saturated rings. The molecule has 2 aromatic rings. The lowest BCUT2D eigenvalue weighted by molar-refractivity contribution is 0.473. The van der Waals surface area contributed by atoms with Crippen LogP contribution in [0.5, 0.6) is 5.75 Å². The Morgan fingerprint density at radius 1 is 0.889 bits per heavy atom. The molecule has 0 saturated carbocycles. The van der Waals surface area contributed by atoms with Crippen LogP contribution in [-0.2, 0) is 5.41 Å². The van der Waals surface area contributed by atoms with Gasteiger partial charge in [0.25, 0.3) is 0 Å². The van der Waals surface area contributed by atoms with Crippen molar-refractivity contribution in [3.05, 3.63) is 65.2 Å². The summed E-state index contributed by atoms with van der Waals surface area (Å²) in [5, 5.41) is 9.40. The summed E-state index contributed by atoms with van der Waals surface area (Å²) >= 11 is 0. The van der Waals surface area contributed by atoms with Crippen molar-refractivity contribution < 1.29 is 5.11 Å². The van der Waals surface area contributed by atoms with E-state index in [0.717, 1.165) is 6.42 Å². The van der Waals surface area contributed by atoms with E-state index in [9.17, 15) is 5.11 Å². The highest BCUT2D eigenvalue weighted by molar-refractivity contribution is 5.41. The molecule has 2 aromatic carbocycles. The fraction of sp³-hybridized carbons (Fsp3) is 0.294. The van der Waals surface area contributed by atoms with Gasteiger partial charge < -0.3 is 5.11 Å². The second-order valence-electron chi connectivity index (χ2n) is 5.10. The quantitative estimate of drug-likeness (QED) is 0.842. The summed E-state index contributed by atoms with van der Waals surface area (Å²) in [4.78, 5) is 0. The highest BCUT2D eigenvalue weighted by Crippen LogP contribution is 2.35. The number of benzene rings is 2. The first-order chi connectivity index (χ1) is 8.56. The molecular weight excluding hydrogens is 220 g/mol.